The molecule has 12 heteroatoms. The smallest absolute Gasteiger partial charge is 0.338 e. The molecule has 0 radical (unpaired) electrons. The third-order valence-electron chi connectivity index (χ3n) is 8.64. The number of carbonyl (C=O) groups excluding carboxylic acids is 2. The van der Waals surface area contributed by atoms with Gasteiger partial charge in [0, 0.05) is 37.5 Å². The monoisotopic (exact) mass is 692 g/mol. The van der Waals surface area contributed by atoms with Crippen LogP contribution < -0.4 is 24.8 Å². The van der Waals surface area contributed by atoms with Crippen molar-refractivity contribution >= 4 is 23.3 Å². The Morgan fingerprint density at radius 2 is 1.88 bits per heavy atom. The second-order valence-electron chi connectivity index (χ2n) is 12.1. The molecule has 3 aromatic carbocycles. The van der Waals surface area contributed by atoms with E-state index in [2.05, 4.69) is 16.7 Å². The molecule has 3 heterocycles. The average Bonchev–Trinajstić information content (AvgIpc) is 3.13. The van der Waals surface area contributed by atoms with Crippen molar-refractivity contribution < 1.29 is 38.0 Å². The number of methoxy groups -OCH3 is 2. The first-order valence-electron chi connectivity index (χ1n) is 16.9. The summed E-state index contributed by atoms with van der Waals surface area (Å²) in [6.45, 7) is 2.37. The Bertz CT molecular complexity index is 1920. The van der Waals surface area contributed by atoms with Crippen LogP contribution in [0.3, 0.4) is 0 Å². The highest BCUT2D eigenvalue weighted by atomic mass is 16.5. The van der Waals surface area contributed by atoms with Crippen molar-refractivity contribution in [2.75, 3.05) is 57.8 Å². The van der Waals surface area contributed by atoms with Crippen LogP contribution in [0.1, 0.15) is 45.5 Å². The third-order valence-corrected chi connectivity index (χ3v) is 8.64. The highest BCUT2D eigenvalue weighted by molar-refractivity contribution is 6.00. The van der Waals surface area contributed by atoms with Crippen LogP contribution in [0.5, 0.6) is 17.4 Å². The molecule has 0 aliphatic carbocycles. The van der Waals surface area contributed by atoms with Gasteiger partial charge in [0.2, 0.25) is 11.8 Å². The molecule has 0 unspecified atom stereocenters. The van der Waals surface area contributed by atoms with Crippen molar-refractivity contribution in [1.82, 2.24) is 4.98 Å². The van der Waals surface area contributed by atoms with E-state index >= 15 is 0 Å². The van der Waals surface area contributed by atoms with Gasteiger partial charge in [-0.25, -0.2) is 9.78 Å². The van der Waals surface area contributed by atoms with Crippen molar-refractivity contribution in [3.63, 3.8) is 0 Å². The van der Waals surface area contributed by atoms with Gasteiger partial charge >= 0.3 is 5.97 Å². The lowest BCUT2D eigenvalue weighted by Crippen LogP contribution is -2.33. The predicted molar refractivity (Wildman–Crippen MR) is 189 cm³/mol. The van der Waals surface area contributed by atoms with Crippen LogP contribution >= 0.6 is 0 Å². The maximum Gasteiger partial charge on any atom is 0.338 e. The van der Waals surface area contributed by atoms with Gasteiger partial charge in [0.1, 0.15) is 30.4 Å². The van der Waals surface area contributed by atoms with E-state index in [0.717, 1.165) is 23.1 Å². The Morgan fingerprint density at radius 3 is 2.67 bits per heavy atom. The van der Waals surface area contributed by atoms with Crippen LogP contribution in [0, 0.1) is 11.3 Å². The van der Waals surface area contributed by atoms with Crippen LogP contribution in [0.4, 0.5) is 11.4 Å². The van der Waals surface area contributed by atoms with E-state index < -0.39 is 5.97 Å². The zero-order valence-corrected chi connectivity index (χ0v) is 28.7. The number of benzene rings is 3. The second-order valence-corrected chi connectivity index (χ2v) is 12.1. The number of pyridine rings is 1. The fourth-order valence-corrected chi connectivity index (χ4v) is 5.81. The summed E-state index contributed by atoms with van der Waals surface area (Å²) in [5, 5.41) is 15.8. The number of hydrogen-bond donors (Lipinski definition) is 2. The molecule has 4 aromatic rings. The second kappa shape index (κ2) is 16.8. The van der Waals surface area contributed by atoms with E-state index in [4.69, 9.17) is 33.4 Å². The molecule has 2 aliphatic heterocycles. The number of esters is 1. The van der Waals surface area contributed by atoms with E-state index in [1.165, 1.54) is 7.11 Å². The van der Waals surface area contributed by atoms with E-state index in [0.29, 0.717) is 91.4 Å². The SMILES string of the molecule is COCCOc1cc(C(=O)OC)cc(NC[C@@H]2CCO2)c1NC(=O)Cc1ccc2cc1OCCCc1cc(C#N)ccc1COc1cccc-2n1. The highest BCUT2D eigenvalue weighted by Crippen LogP contribution is 2.36. The van der Waals surface area contributed by atoms with E-state index in [1.807, 2.05) is 48.5 Å². The molecular weight excluding hydrogens is 652 g/mol. The van der Waals surface area contributed by atoms with Gasteiger partial charge < -0.3 is 39.1 Å². The number of nitrogens with zero attached hydrogens (tertiary/aromatic N) is 2. The topological polar surface area (TPSA) is 150 Å². The summed E-state index contributed by atoms with van der Waals surface area (Å²) in [6.07, 6.45) is 2.26. The highest BCUT2D eigenvalue weighted by Gasteiger charge is 2.23. The molecule has 4 bridgehead atoms. The first kappa shape index (κ1) is 35.2. The Labute approximate surface area is 296 Å². The first-order chi connectivity index (χ1) is 24.9. The minimum atomic E-state index is -0.541. The van der Waals surface area contributed by atoms with E-state index in [9.17, 15) is 14.9 Å². The lowest BCUT2D eigenvalue weighted by Gasteiger charge is -2.28. The molecule has 2 aliphatic rings. The van der Waals surface area contributed by atoms with Crippen LogP contribution in [-0.2, 0) is 38.5 Å². The number of nitrogens with one attached hydrogen (secondary N) is 2. The molecule has 1 amide bonds. The number of aryl methyl sites for hydroxylation is 1. The van der Waals surface area contributed by atoms with Gasteiger partial charge in [-0.3, -0.25) is 4.79 Å². The Kier molecular flexibility index (Phi) is 11.6. The fraction of sp³-hybridized carbons (Fsp3) is 0.333. The molecule has 51 heavy (non-hydrogen) atoms. The van der Waals surface area contributed by atoms with Gasteiger partial charge in [-0.05, 0) is 66.8 Å². The molecule has 12 nitrogen and oxygen atoms in total. The maximum atomic E-state index is 13.8. The summed E-state index contributed by atoms with van der Waals surface area (Å²) in [5.74, 6) is 0.457. The van der Waals surface area contributed by atoms with Crippen LogP contribution in [-0.4, -0.2) is 70.2 Å². The number of anilines is 2. The summed E-state index contributed by atoms with van der Waals surface area (Å²) in [4.78, 5) is 31.1. The molecule has 2 N–H and O–H groups in total. The first-order valence-corrected chi connectivity index (χ1v) is 16.9. The van der Waals surface area contributed by atoms with Crippen molar-refractivity contribution in [2.45, 2.75) is 38.4 Å². The summed E-state index contributed by atoms with van der Waals surface area (Å²) >= 11 is 0. The normalized spacial score (nSPS) is 15.0. The summed E-state index contributed by atoms with van der Waals surface area (Å²) < 4.78 is 34.2. The Hall–Kier alpha value is -5.64. The largest absolute Gasteiger partial charge is 0.493 e. The fourth-order valence-electron chi connectivity index (χ4n) is 5.81. The van der Waals surface area contributed by atoms with Gasteiger partial charge in [0.15, 0.2) is 0 Å². The lowest BCUT2D eigenvalue weighted by molar-refractivity contribution is -0.115. The van der Waals surface area contributed by atoms with Crippen LogP contribution in [0.2, 0.25) is 0 Å². The van der Waals surface area contributed by atoms with Gasteiger partial charge in [-0.2, -0.15) is 5.26 Å². The number of amides is 1. The minimum absolute atomic E-state index is 0.0119. The Balaban J connectivity index is 1.28. The number of ether oxygens (including phenoxy) is 6. The Morgan fingerprint density at radius 1 is 1.00 bits per heavy atom. The van der Waals surface area contributed by atoms with Gasteiger partial charge in [0.25, 0.3) is 0 Å². The van der Waals surface area contributed by atoms with Gasteiger partial charge in [-0.1, -0.05) is 24.3 Å². The van der Waals surface area contributed by atoms with Crippen LogP contribution in [0.15, 0.2) is 66.7 Å². The number of rotatable bonds is 11. The zero-order valence-electron chi connectivity index (χ0n) is 28.7. The van der Waals surface area contributed by atoms with Gasteiger partial charge in [0.05, 0.1) is 61.4 Å². The van der Waals surface area contributed by atoms with E-state index in [-0.39, 0.29) is 30.6 Å². The number of fused-ring (bicyclic) bond motifs is 6. The molecule has 0 spiro atoms. The predicted octanol–water partition coefficient (Wildman–Crippen LogP) is 5.72. The number of hydrogen-bond acceptors (Lipinski definition) is 11. The van der Waals surface area contributed by atoms with Crippen LogP contribution in [0.25, 0.3) is 11.3 Å². The molecule has 0 saturated carbocycles. The molecule has 1 aromatic heterocycles. The number of nitriles is 1. The van der Waals surface area contributed by atoms with Crippen molar-refractivity contribution in [2.24, 2.45) is 0 Å². The van der Waals surface area contributed by atoms with Crippen molar-refractivity contribution in [1.29, 1.82) is 5.26 Å². The van der Waals surface area contributed by atoms with Gasteiger partial charge in [-0.15, -0.1) is 0 Å². The lowest BCUT2D eigenvalue weighted by atomic mass is 10.0. The molecule has 6 rings (SSSR count). The third kappa shape index (κ3) is 8.94. The van der Waals surface area contributed by atoms with E-state index in [1.54, 1.807) is 25.3 Å². The summed E-state index contributed by atoms with van der Waals surface area (Å²) in [7, 11) is 2.87. The molecule has 1 saturated heterocycles. The van der Waals surface area contributed by atoms with Crippen molar-refractivity contribution in [3.05, 3.63) is 94.5 Å². The van der Waals surface area contributed by atoms with Crippen molar-refractivity contribution in [3.8, 4) is 34.7 Å². The quantitative estimate of drug-likeness (QED) is 0.147. The minimum Gasteiger partial charge on any atom is -0.493 e. The molecular formula is C39H40N4O8. The molecule has 264 valence electrons. The average molecular weight is 693 g/mol. The standard InChI is InChI=1S/C39H40N4O8/c1-46-15-16-50-35-20-30(39(45)47-2)18-33(41-23-31-12-14-48-31)38(35)43-36(44)21-28-11-10-27-19-34(28)49-13-4-5-26-17-25(22-40)8-9-29(26)24-51-37-7-3-6-32(27)42-37/h3,6-11,17-20,31,41H,4-5,12-16,21,23-24H2,1-2H3,(H,43,44)/t31-/m0/s1. The molecule has 1 fully saturated rings. The number of aromatic nitrogens is 1. The summed E-state index contributed by atoms with van der Waals surface area (Å²) in [6, 6.07) is 22.2. The number of carbonyl (C=O) groups is 2. The maximum absolute atomic E-state index is 13.8. The summed E-state index contributed by atoms with van der Waals surface area (Å²) in [5.41, 5.74) is 5.89. The molecule has 1 atom stereocenters. The zero-order chi connectivity index (χ0) is 35.6.